The number of nitrogens with zero attached hydrogens (tertiary/aromatic N) is 3. The highest BCUT2D eigenvalue weighted by molar-refractivity contribution is 14.0. The Hall–Kier alpha value is -1.54. The Balaban J connectivity index is 0.00000338. The number of benzene rings is 1. The fraction of sp³-hybridized carbons (Fsp3) is 0.368. The Kier molecular flexibility index (Phi) is 10.3. The van der Waals surface area contributed by atoms with Gasteiger partial charge in [0, 0.05) is 38.4 Å². The second kappa shape index (κ2) is 12.0. The number of nitrogens with one attached hydrogen (secondary N) is 2. The van der Waals surface area contributed by atoms with Crippen LogP contribution < -0.4 is 15.5 Å². The molecular weight excluding hydrogens is 461 g/mol. The molecule has 0 aliphatic carbocycles. The van der Waals surface area contributed by atoms with Gasteiger partial charge in [0.1, 0.15) is 5.82 Å². The summed E-state index contributed by atoms with van der Waals surface area (Å²) in [4.78, 5) is 11.0. The first-order valence-electron chi connectivity index (χ1n) is 8.47. The zero-order valence-electron chi connectivity index (χ0n) is 15.5. The van der Waals surface area contributed by atoms with Crippen molar-refractivity contribution in [1.82, 2.24) is 15.6 Å². The summed E-state index contributed by atoms with van der Waals surface area (Å²) in [5.41, 5.74) is 2.34. The molecule has 0 spiro atoms. The molecule has 26 heavy (non-hydrogen) atoms. The average Bonchev–Trinajstić information content (AvgIpc) is 2.60. The number of halogens is 2. The molecule has 2 N–H and O–H groups in total. The third kappa shape index (κ3) is 7.78. The molecular formula is C19H27ClIN5. The summed E-state index contributed by atoms with van der Waals surface area (Å²) in [5, 5.41) is 7.41. The van der Waals surface area contributed by atoms with Gasteiger partial charge >= 0.3 is 0 Å². The van der Waals surface area contributed by atoms with E-state index >= 15 is 0 Å². The minimum Gasteiger partial charge on any atom is -0.363 e. The largest absolute Gasteiger partial charge is 0.363 e. The van der Waals surface area contributed by atoms with Gasteiger partial charge in [0.15, 0.2) is 5.96 Å². The van der Waals surface area contributed by atoms with Crippen molar-refractivity contribution in [2.45, 2.75) is 19.9 Å². The van der Waals surface area contributed by atoms with Crippen LogP contribution in [0.4, 0.5) is 5.82 Å². The molecule has 2 aromatic rings. The number of guanidine groups is 1. The highest BCUT2D eigenvalue weighted by Crippen LogP contribution is 2.11. The lowest BCUT2D eigenvalue weighted by atomic mass is 10.1. The third-order valence-corrected chi connectivity index (χ3v) is 3.86. The van der Waals surface area contributed by atoms with E-state index in [-0.39, 0.29) is 24.0 Å². The Morgan fingerprint density at radius 2 is 1.96 bits per heavy atom. The minimum absolute atomic E-state index is 0. The summed E-state index contributed by atoms with van der Waals surface area (Å²) in [6.45, 7) is 4.29. The number of aromatic nitrogens is 1. The van der Waals surface area contributed by atoms with Gasteiger partial charge in [-0.05, 0) is 48.7 Å². The molecule has 0 aliphatic heterocycles. The fourth-order valence-electron chi connectivity index (χ4n) is 2.33. The van der Waals surface area contributed by atoms with Crippen LogP contribution in [0.2, 0.25) is 5.02 Å². The Morgan fingerprint density at radius 3 is 2.65 bits per heavy atom. The summed E-state index contributed by atoms with van der Waals surface area (Å²) in [6.07, 6.45) is 2.71. The van der Waals surface area contributed by atoms with Crippen molar-refractivity contribution in [3.63, 3.8) is 0 Å². The highest BCUT2D eigenvalue weighted by Gasteiger charge is 2.01. The van der Waals surface area contributed by atoms with Crippen molar-refractivity contribution in [3.8, 4) is 0 Å². The number of anilines is 1. The molecule has 1 heterocycles. The molecule has 0 bridgehead atoms. The van der Waals surface area contributed by atoms with Crippen molar-refractivity contribution in [3.05, 3.63) is 58.7 Å². The van der Waals surface area contributed by atoms with Gasteiger partial charge in [-0.2, -0.15) is 0 Å². The lowest BCUT2D eigenvalue weighted by molar-refractivity contribution is 0.799. The predicted octanol–water partition coefficient (Wildman–Crippen LogP) is 3.72. The smallest absolute Gasteiger partial charge is 0.191 e. The summed E-state index contributed by atoms with van der Waals surface area (Å²) >= 11 is 6.02. The topological polar surface area (TPSA) is 52.6 Å². The van der Waals surface area contributed by atoms with Gasteiger partial charge in [-0.3, -0.25) is 0 Å². The van der Waals surface area contributed by atoms with E-state index in [1.54, 1.807) is 0 Å². The van der Waals surface area contributed by atoms with Gasteiger partial charge in [-0.1, -0.05) is 23.7 Å². The number of hydrogen-bond donors (Lipinski definition) is 2. The van der Waals surface area contributed by atoms with Gasteiger partial charge < -0.3 is 15.5 Å². The third-order valence-electron chi connectivity index (χ3n) is 3.63. The Morgan fingerprint density at radius 1 is 1.15 bits per heavy atom. The Labute approximate surface area is 178 Å². The maximum Gasteiger partial charge on any atom is 0.191 e. The molecule has 1 aromatic heterocycles. The van der Waals surface area contributed by atoms with Crippen molar-refractivity contribution in [2.24, 2.45) is 4.99 Å². The van der Waals surface area contributed by atoms with Crippen LogP contribution in [0, 0.1) is 0 Å². The number of rotatable bonds is 7. The average molecular weight is 488 g/mol. The molecule has 0 fully saturated rings. The van der Waals surface area contributed by atoms with Gasteiger partial charge in [-0.15, -0.1) is 24.0 Å². The maximum absolute atomic E-state index is 6.02. The van der Waals surface area contributed by atoms with E-state index in [9.17, 15) is 0 Å². The number of hydrogen-bond acceptors (Lipinski definition) is 3. The van der Waals surface area contributed by atoms with E-state index in [4.69, 9.17) is 11.6 Å². The monoisotopic (exact) mass is 487 g/mol. The highest BCUT2D eigenvalue weighted by atomic mass is 127. The summed E-state index contributed by atoms with van der Waals surface area (Å²) in [7, 11) is 3.97. The molecule has 0 saturated carbocycles. The van der Waals surface area contributed by atoms with Gasteiger partial charge in [0.25, 0.3) is 0 Å². The van der Waals surface area contributed by atoms with Crippen LogP contribution in [0.25, 0.3) is 0 Å². The molecule has 1 aromatic carbocycles. The van der Waals surface area contributed by atoms with Crippen molar-refractivity contribution >= 4 is 47.4 Å². The predicted molar refractivity (Wildman–Crippen MR) is 122 cm³/mol. The van der Waals surface area contributed by atoms with Crippen LogP contribution >= 0.6 is 35.6 Å². The lowest BCUT2D eigenvalue weighted by Gasteiger charge is -2.13. The van der Waals surface area contributed by atoms with Crippen LogP contribution in [0.5, 0.6) is 0 Å². The SMILES string of the molecule is CCNC(=NCc1ccnc(N(C)C)c1)NCCc1cccc(Cl)c1.I. The van der Waals surface area contributed by atoms with E-state index in [2.05, 4.69) is 39.7 Å². The summed E-state index contributed by atoms with van der Waals surface area (Å²) in [5.74, 6) is 1.75. The molecule has 0 aliphatic rings. The van der Waals surface area contributed by atoms with Crippen LogP contribution in [0.1, 0.15) is 18.1 Å². The van der Waals surface area contributed by atoms with E-state index in [1.807, 2.05) is 49.5 Å². The number of aliphatic imine (C=N–C) groups is 1. The first-order valence-corrected chi connectivity index (χ1v) is 8.85. The minimum atomic E-state index is 0. The molecule has 142 valence electrons. The fourth-order valence-corrected chi connectivity index (χ4v) is 2.55. The second-order valence-electron chi connectivity index (χ2n) is 5.92. The molecule has 0 amide bonds. The van der Waals surface area contributed by atoms with Crippen LogP contribution in [-0.4, -0.2) is 38.1 Å². The zero-order chi connectivity index (χ0) is 18.1. The van der Waals surface area contributed by atoms with E-state index in [0.717, 1.165) is 41.9 Å². The Bertz CT molecular complexity index is 706. The molecule has 7 heteroatoms. The summed E-state index contributed by atoms with van der Waals surface area (Å²) in [6, 6.07) is 12.0. The first kappa shape index (κ1) is 22.5. The van der Waals surface area contributed by atoms with E-state index < -0.39 is 0 Å². The molecule has 0 unspecified atom stereocenters. The number of pyridine rings is 1. The van der Waals surface area contributed by atoms with Crippen LogP contribution in [0.3, 0.4) is 0 Å². The van der Waals surface area contributed by atoms with Crippen molar-refractivity contribution in [2.75, 3.05) is 32.1 Å². The molecule has 0 saturated heterocycles. The molecule has 0 radical (unpaired) electrons. The molecule has 0 atom stereocenters. The molecule has 5 nitrogen and oxygen atoms in total. The van der Waals surface area contributed by atoms with Crippen molar-refractivity contribution in [1.29, 1.82) is 0 Å². The van der Waals surface area contributed by atoms with Gasteiger partial charge in [-0.25, -0.2) is 9.98 Å². The van der Waals surface area contributed by atoms with Gasteiger partial charge in [0.2, 0.25) is 0 Å². The summed E-state index contributed by atoms with van der Waals surface area (Å²) < 4.78 is 0. The van der Waals surface area contributed by atoms with Crippen LogP contribution in [0.15, 0.2) is 47.6 Å². The van der Waals surface area contributed by atoms with E-state index in [0.29, 0.717) is 6.54 Å². The standard InChI is InChI=1S/C19H26ClN5.HI/c1-4-21-19(23-11-8-15-6-5-7-17(20)12-15)24-14-16-9-10-22-18(13-16)25(2)3;/h5-7,9-10,12-13H,4,8,11,14H2,1-3H3,(H2,21,23,24);1H. The normalized spacial score (nSPS) is 10.8. The zero-order valence-corrected chi connectivity index (χ0v) is 18.6. The maximum atomic E-state index is 6.02. The second-order valence-corrected chi connectivity index (χ2v) is 6.36. The lowest BCUT2D eigenvalue weighted by Crippen LogP contribution is -2.38. The van der Waals surface area contributed by atoms with Crippen LogP contribution in [-0.2, 0) is 13.0 Å². The first-order chi connectivity index (χ1) is 12.1. The van der Waals surface area contributed by atoms with E-state index in [1.165, 1.54) is 5.56 Å². The van der Waals surface area contributed by atoms with Crippen molar-refractivity contribution < 1.29 is 0 Å². The quantitative estimate of drug-likeness (QED) is 0.355. The van der Waals surface area contributed by atoms with Gasteiger partial charge in [0.05, 0.1) is 6.54 Å². The molecule has 2 rings (SSSR count).